The van der Waals surface area contributed by atoms with Gasteiger partial charge < -0.3 is 9.64 Å². The molecule has 0 saturated heterocycles. The quantitative estimate of drug-likeness (QED) is 0.700. The average molecular weight is 397 g/mol. The summed E-state index contributed by atoms with van der Waals surface area (Å²) in [6.45, 7) is 1.40. The number of alkyl halides is 2. The van der Waals surface area contributed by atoms with Crippen molar-refractivity contribution in [3.8, 4) is 0 Å². The molecule has 0 aliphatic carbocycles. The van der Waals surface area contributed by atoms with Crippen LogP contribution in [0.4, 0.5) is 14.5 Å². The number of halogens is 2. The summed E-state index contributed by atoms with van der Waals surface area (Å²) in [6.07, 6.45) is -1.10. The monoisotopic (exact) mass is 397 g/mol. The van der Waals surface area contributed by atoms with Crippen LogP contribution in [-0.2, 0) is 19.4 Å². The lowest BCUT2D eigenvalue weighted by molar-refractivity contribution is -0.126. The molecule has 9 heteroatoms. The normalized spacial score (nSPS) is 12.5. The Kier molecular flexibility index (Phi) is 6.27. The van der Waals surface area contributed by atoms with Crippen molar-refractivity contribution < 1.29 is 31.5 Å². The van der Waals surface area contributed by atoms with Crippen molar-refractivity contribution in [1.29, 1.82) is 0 Å². The van der Waals surface area contributed by atoms with E-state index >= 15 is 0 Å². The van der Waals surface area contributed by atoms with Gasteiger partial charge in [0.25, 0.3) is 5.91 Å². The van der Waals surface area contributed by atoms with Gasteiger partial charge in [0.1, 0.15) is 0 Å². The Morgan fingerprint density at radius 1 is 1.00 bits per heavy atom. The first kappa shape index (κ1) is 20.5. The maximum atomic E-state index is 12.5. The number of nitrogens with zero attached hydrogens (tertiary/aromatic N) is 1. The number of hydrogen-bond donors (Lipinski definition) is 0. The van der Waals surface area contributed by atoms with E-state index in [9.17, 15) is 26.8 Å². The van der Waals surface area contributed by atoms with Gasteiger partial charge in [0, 0.05) is 12.7 Å². The molecular formula is C18H17F2NO5S. The number of benzene rings is 2. The summed E-state index contributed by atoms with van der Waals surface area (Å²) in [5, 5.41) is 0. The number of likely N-dealkylation sites (N-methyl/N-ethyl adjacent to an activating group) is 1. The molecule has 2 aromatic rings. The summed E-state index contributed by atoms with van der Waals surface area (Å²) < 4.78 is 52.9. The van der Waals surface area contributed by atoms with Crippen molar-refractivity contribution in [3.63, 3.8) is 0 Å². The first-order valence-corrected chi connectivity index (χ1v) is 9.35. The van der Waals surface area contributed by atoms with Gasteiger partial charge >= 0.3 is 11.7 Å². The van der Waals surface area contributed by atoms with Gasteiger partial charge in [0.15, 0.2) is 6.10 Å². The van der Waals surface area contributed by atoms with Crippen LogP contribution in [0.15, 0.2) is 59.5 Å². The average Bonchev–Trinajstić information content (AvgIpc) is 2.67. The van der Waals surface area contributed by atoms with E-state index in [0.717, 1.165) is 24.3 Å². The van der Waals surface area contributed by atoms with E-state index in [1.54, 1.807) is 30.3 Å². The molecule has 0 saturated carbocycles. The van der Waals surface area contributed by atoms with Crippen molar-refractivity contribution in [2.75, 3.05) is 11.9 Å². The van der Waals surface area contributed by atoms with Crippen LogP contribution in [0.3, 0.4) is 0 Å². The second kappa shape index (κ2) is 8.26. The molecule has 0 heterocycles. The molecule has 2 rings (SSSR count). The third kappa shape index (κ3) is 4.68. The van der Waals surface area contributed by atoms with E-state index in [-0.39, 0.29) is 5.56 Å². The molecule has 1 amide bonds. The number of carbonyl (C=O) groups is 2. The zero-order chi connectivity index (χ0) is 20.2. The zero-order valence-corrected chi connectivity index (χ0v) is 15.3. The van der Waals surface area contributed by atoms with Crippen LogP contribution in [0.25, 0.3) is 0 Å². The minimum absolute atomic E-state index is 0.0646. The number of rotatable bonds is 6. The smallest absolute Gasteiger partial charge is 0.341 e. The van der Waals surface area contributed by atoms with E-state index in [1.165, 1.54) is 18.9 Å². The van der Waals surface area contributed by atoms with E-state index in [2.05, 4.69) is 0 Å². The number of ether oxygens (including phenoxy) is 1. The minimum Gasteiger partial charge on any atom is -0.449 e. The third-order valence-electron chi connectivity index (χ3n) is 3.76. The molecule has 0 aliphatic rings. The summed E-state index contributed by atoms with van der Waals surface area (Å²) >= 11 is 0. The second-order valence-electron chi connectivity index (χ2n) is 5.61. The second-order valence-corrected chi connectivity index (χ2v) is 7.53. The molecular weight excluding hydrogens is 380 g/mol. The van der Waals surface area contributed by atoms with Gasteiger partial charge in [0.05, 0.1) is 10.5 Å². The maximum absolute atomic E-state index is 12.5. The summed E-state index contributed by atoms with van der Waals surface area (Å²) in [7, 11) is -3.21. The highest BCUT2D eigenvalue weighted by Gasteiger charge is 2.27. The highest BCUT2D eigenvalue weighted by molar-refractivity contribution is 7.91. The number of anilines is 1. The first-order valence-electron chi connectivity index (χ1n) is 7.80. The summed E-state index contributed by atoms with van der Waals surface area (Å²) in [4.78, 5) is 25.2. The highest BCUT2D eigenvalue weighted by Crippen LogP contribution is 2.19. The Morgan fingerprint density at radius 3 is 2.07 bits per heavy atom. The third-order valence-corrected chi connectivity index (χ3v) is 5.16. The Labute approximate surface area is 155 Å². The van der Waals surface area contributed by atoms with Crippen LogP contribution < -0.4 is 4.90 Å². The maximum Gasteiger partial charge on any atom is 0.341 e. The highest BCUT2D eigenvalue weighted by atomic mass is 32.2. The molecule has 144 valence electrons. The molecule has 2 aromatic carbocycles. The van der Waals surface area contributed by atoms with Crippen LogP contribution in [0.5, 0.6) is 0 Å². The van der Waals surface area contributed by atoms with Gasteiger partial charge in [-0.3, -0.25) is 4.79 Å². The number of esters is 1. The van der Waals surface area contributed by atoms with E-state index in [0.29, 0.717) is 5.69 Å². The van der Waals surface area contributed by atoms with Crippen LogP contribution in [-0.4, -0.2) is 39.2 Å². The summed E-state index contributed by atoms with van der Waals surface area (Å²) in [5.74, 6) is -4.90. The van der Waals surface area contributed by atoms with E-state index in [4.69, 9.17) is 4.74 Å². The van der Waals surface area contributed by atoms with Crippen molar-refractivity contribution >= 4 is 27.4 Å². The van der Waals surface area contributed by atoms with Crippen molar-refractivity contribution in [2.45, 2.75) is 23.7 Å². The fourth-order valence-corrected chi connectivity index (χ4v) is 2.94. The van der Waals surface area contributed by atoms with E-state index in [1.807, 2.05) is 0 Å². The first-order chi connectivity index (χ1) is 12.6. The van der Waals surface area contributed by atoms with Gasteiger partial charge in [-0.1, -0.05) is 18.2 Å². The molecule has 0 fully saturated rings. The Balaban J connectivity index is 2.07. The van der Waals surface area contributed by atoms with Crippen molar-refractivity contribution in [1.82, 2.24) is 0 Å². The van der Waals surface area contributed by atoms with Crippen LogP contribution in [0, 0.1) is 0 Å². The molecule has 0 radical (unpaired) electrons. The van der Waals surface area contributed by atoms with Crippen molar-refractivity contribution in [3.05, 3.63) is 60.2 Å². The van der Waals surface area contributed by atoms with Gasteiger partial charge in [-0.15, -0.1) is 0 Å². The Hall–Kier alpha value is -2.81. The fourth-order valence-electron chi connectivity index (χ4n) is 2.21. The number of hydrogen-bond acceptors (Lipinski definition) is 5. The minimum atomic E-state index is -4.74. The van der Waals surface area contributed by atoms with Crippen molar-refractivity contribution in [2.24, 2.45) is 0 Å². The lowest BCUT2D eigenvalue weighted by Gasteiger charge is -2.21. The molecule has 0 N–H and O–H groups in total. The van der Waals surface area contributed by atoms with Gasteiger partial charge in [0.2, 0.25) is 9.84 Å². The number of sulfone groups is 1. The van der Waals surface area contributed by atoms with E-state index < -0.39 is 38.5 Å². The molecule has 0 aliphatic heterocycles. The molecule has 0 aromatic heterocycles. The molecule has 27 heavy (non-hydrogen) atoms. The number of carbonyl (C=O) groups excluding carboxylic acids is 2. The largest absolute Gasteiger partial charge is 0.449 e. The number of para-hydroxylation sites is 1. The zero-order valence-electron chi connectivity index (χ0n) is 14.5. The van der Waals surface area contributed by atoms with Crippen LogP contribution in [0.1, 0.15) is 17.3 Å². The number of amides is 1. The van der Waals surface area contributed by atoms with Gasteiger partial charge in [-0.25, -0.2) is 13.2 Å². The fraction of sp³-hybridized carbons (Fsp3) is 0.222. The Bertz CT molecular complexity index is 915. The lowest BCUT2D eigenvalue weighted by Crippen LogP contribution is -2.37. The summed E-state index contributed by atoms with van der Waals surface area (Å²) in [5.41, 5.74) is 0.553. The predicted molar refractivity (Wildman–Crippen MR) is 94.4 cm³/mol. The van der Waals surface area contributed by atoms with Crippen LogP contribution >= 0.6 is 0 Å². The van der Waals surface area contributed by atoms with Gasteiger partial charge in [-0.05, 0) is 43.3 Å². The predicted octanol–water partition coefficient (Wildman–Crippen LogP) is 2.89. The molecule has 6 nitrogen and oxygen atoms in total. The SMILES string of the molecule is C[C@H](OC(=O)c1ccc(S(=O)(=O)C(F)F)cc1)C(=O)N(C)c1ccccc1. The summed E-state index contributed by atoms with van der Waals surface area (Å²) in [6, 6.07) is 12.6. The molecule has 1 atom stereocenters. The Morgan fingerprint density at radius 2 is 1.56 bits per heavy atom. The van der Waals surface area contributed by atoms with Crippen LogP contribution in [0.2, 0.25) is 0 Å². The lowest BCUT2D eigenvalue weighted by atomic mass is 10.2. The standard InChI is InChI=1S/C18H17F2NO5S/c1-12(16(22)21(2)14-6-4-3-5-7-14)26-17(23)13-8-10-15(11-9-13)27(24,25)18(19)20/h3-12,18H,1-2H3/t12-/m0/s1. The topological polar surface area (TPSA) is 80.8 Å². The molecule has 0 bridgehead atoms. The van der Waals surface area contributed by atoms with Gasteiger partial charge in [-0.2, -0.15) is 8.78 Å². The molecule has 0 unspecified atom stereocenters. The molecule has 0 spiro atoms.